The number of fused-ring (bicyclic) bond motifs is 1. The molecule has 0 bridgehead atoms. The second-order valence-corrected chi connectivity index (χ2v) is 6.25. The van der Waals surface area contributed by atoms with Crippen LogP contribution in [0.4, 0.5) is 0 Å². The van der Waals surface area contributed by atoms with Crippen LogP contribution in [0, 0.1) is 13.8 Å². The molecule has 2 N–H and O–H groups in total. The molecule has 3 rings (SSSR count). The van der Waals surface area contributed by atoms with Gasteiger partial charge >= 0.3 is 5.97 Å². The number of hydrogen-bond acceptors (Lipinski definition) is 5. The van der Waals surface area contributed by atoms with Crippen LogP contribution in [0.15, 0.2) is 23.1 Å². The van der Waals surface area contributed by atoms with Gasteiger partial charge in [-0.05, 0) is 38.5 Å². The number of aromatic nitrogens is 3. The molecule has 3 heterocycles. The Kier molecular flexibility index (Phi) is 3.58. The Hall–Kier alpha value is -2.41. The topological polar surface area (TPSA) is 87.8 Å². The Labute approximate surface area is 130 Å². The number of carbonyl (C=O) groups excluding carboxylic acids is 1. The Balaban J connectivity index is 1.93. The van der Waals surface area contributed by atoms with Gasteiger partial charge in [0.15, 0.2) is 11.9 Å². The molecular weight excluding hydrogens is 302 g/mol. The van der Waals surface area contributed by atoms with Gasteiger partial charge in [0.05, 0.1) is 5.39 Å². The second-order valence-electron chi connectivity index (χ2n) is 5.05. The van der Waals surface area contributed by atoms with Crippen molar-refractivity contribution < 1.29 is 9.53 Å². The Morgan fingerprint density at radius 1 is 1.41 bits per heavy atom. The molecule has 3 aromatic heterocycles. The van der Waals surface area contributed by atoms with Crippen molar-refractivity contribution in [2.75, 3.05) is 0 Å². The summed E-state index contributed by atoms with van der Waals surface area (Å²) < 4.78 is 5.32. The number of rotatable bonds is 3. The zero-order valence-electron chi connectivity index (χ0n) is 12.4. The number of aryl methyl sites for hydroxylation is 2. The van der Waals surface area contributed by atoms with Gasteiger partial charge in [0.1, 0.15) is 10.5 Å². The molecular formula is C15H15N3O3S. The molecule has 7 heteroatoms. The average Bonchev–Trinajstić information content (AvgIpc) is 3.08. The van der Waals surface area contributed by atoms with E-state index in [0.29, 0.717) is 21.7 Å². The van der Waals surface area contributed by atoms with E-state index in [1.54, 1.807) is 25.3 Å². The molecule has 0 aromatic carbocycles. The summed E-state index contributed by atoms with van der Waals surface area (Å²) in [5.74, 6) is -0.141. The van der Waals surface area contributed by atoms with Crippen LogP contribution in [0.25, 0.3) is 10.2 Å². The predicted octanol–water partition coefficient (Wildman–Crippen LogP) is 2.85. The Bertz CT molecular complexity index is 893. The van der Waals surface area contributed by atoms with Crippen molar-refractivity contribution in [1.29, 1.82) is 0 Å². The largest absolute Gasteiger partial charge is 0.450 e. The summed E-state index contributed by atoms with van der Waals surface area (Å²) in [5.41, 5.74) is 1.10. The molecule has 114 valence electrons. The lowest BCUT2D eigenvalue weighted by atomic mass is 10.2. The first-order valence-corrected chi connectivity index (χ1v) is 7.63. The number of ether oxygens (including phenoxy) is 1. The minimum atomic E-state index is -0.643. The van der Waals surface area contributed by atoms with Crippen LogP contribution in [0.5, 0.6) is 0 Å². The van der Waals surface area contributed by atoms with Crippen LogP contribution in [0.2, 0.25) is 0 Å². The van der Waals surface area contributed by atoms with E-state index >= 15 is 0 Å². The monoisotopic (exact) mass is 317 g/mol. The first-order valence-electron chi connectivity index (χ1n) is 6.81. The number of nitrogens with one attached hydrogen (secondary N) is 2. The summed E-state index contributed by atoms with van der Waals surface area (Å²) in [5, 5.41) is 0.606. The summed E-state index contributed by atoms with van der Waals surface area (Å²) in [6, 6.07) is 3.34. The van der Waals surface area contributed by atoms with Crippen LogP contribution >= 0.6 is 11.3 Å². The third kappa shape index (κ3) is 2.43. The first kappa shape index (κ1) is 14.5. The minimum Gasteiger partial charge on any atom is -0.450 e. The van der Waals surface area contributed by atoms with Crippen molar-refractivity contribution in [3.05, 3.63) is 50.6 Å². The number of H-pyrrole nitrogens is 2. The van der Waals surface area contributed by atoms with Crippen LogP contribution in [-0.4, -0.2) is 20.9 Å². The van der Waals surface area contributed by atoms with Crippen molar-refractivity contribution in [3.63, 3.8) is 0 Å². The maximum Gasteiger partial charge on any atom is 0.355 e. The van der Waals surface area contributed by atoms with Crippen molar-refractivity contribution in [2.45, 2.75) is 26.9 Å². The highest BCUT2D eigenvalue weighted by molar-refractivity contribution is 7.18. The lowest BCUT2D eigenvalue weighted by molar-refractivity contribution is 0.0314. The SMILES string of the molecule is Cc1sc2nc([C@@H](C)OC(=O)c3ccc[nH]3)[nH]c(=O)c2c1C. The molecule has 0 saturated carbocycles. The highest BCUT2D eigenvalue weighted by Gasteiger charge is 2.19. The van der Waals surface area contributed by atoms with E-state index in [9.17, 15) is 9.59 Å². The third-order valence-corrected chi connectivity index (χ3v) is 4.65. The molecule has 0 fully saturated rings. The summed E-state index contributed by atoms with van der Waals surface area (Å²) in [6.45, 7) is 5.53. The second kappa shape index (κ2) is 5.42. The van der Waals surface area contributed by atoms with Gasteiger partial charge < -0.3 is 14.7 Å². The van der Waals surface area contributed by atoms with Crippen LogP contribution in [0.1, 0.15) is 39.8 Å². The van der Waals surface area contributed by atoms with E-state index in [1.165, 1.54) is 11.3 Å². The molecule has 0 radical (unpaired) electrons. The van der Waals surface area contributed by atoms with Crippen LogP contribution in [0.3, 0.4) is 0 Å². The van der Waals surface area contributed by atoms with E-state index < -0.39 is 12.1 Å². The van der Waals surface area contributed by atoms with E-state index in [0.717, 1.165) is 10.4 Å². The van der Waals surface area contributed by atoms with Gasteiger partial charge in [0.2, 0.25) is 0 Å². The third-order valence-electron chi connectivity index (χ3n) is 3.54. The van der Waals surface area contributed by atoms with E-state index in [2.05, 4.69) is 15.0 Å². The fourth-order valence-corrected chi connectivity index (χ4v) is 3.24. The molecule has 0 aliphatic carbocycles. The maximum atomic E-state index is 12.2. The number of carbonyl (C=O) groups is 1. The summed E-state index contributed by atoms with van der Waals surface area (Å²) in [6.07, 6.45) is 1.00. The molecule has 0 aliphatic heterocycles. The lowest BCUT2D eigenvalue weighted by Gasteiger charge is -2.11. The van der Waals surface area contributed by atoms with Gasteiger partial charge in [-0.25, -0.2) is 9.78 Å². The molecule has 0 spiro atoms. The zero-order valence-corrected chi connectivity index (χ0v) is 13.2. The molecule has 3 aromatic rings. The number of esters is 1. The molecule has 22 heavy (non-hydrogen) atoms. The van der Waals surface area contributed by atoms with Gasteiger partial charge in [-0.15, -0.1) is 11.3 Å². The lowest BCUT2D eigenvalue weighted by Crippen LogP contribution is -2.17. The van der Waals surface area contributed by atoms with Gasteiger partial charge in [-0.3, -0.25) is 4.79 Å². The van der Waals surface area contributed by atoms with Crippen LogP contribution < -0.4 is 5.56 Å². The standard InChI is InChI=1S/C15H15N3O3S/c1-7-9(3)22-14-11(7)13(19)17-12(18-14)8(2)21-15(20)10-5-4-6-16-10/h4-6,8,16H,1-3H3,(H,17,18,19)/t8-/m1/s1. The molecule has 0 saturated heterocycles. The molecule has 1 atom stereocenters. The Morgan fingerprint density at radius 2 is 2.18 bits per heavy atom. The minimum absolute atomic E-state index is 0.204. The highest BCUT2D eigenvalue weighted by Crippen LogP contribution is 2.27. The van der Waals surface area contributed by atoms with Gasteiger partial charge in [-0.1, -0.05) is 0 Å². The smallest absolute Gasteiger partial charge is 0.355 e. The molecule has 0 unspecified atom stereocenters. The number of nitrogens with zero attached hydrogens (tertiary/aromatic N) is 1. The number of aromatic amines is 2. The fraction of sp³-hybridized carbons (Fsp3) is 0.267. The van der Waals surface area contributed by atoms with Gasteiger partial charge in [-0.2, -0.15) is 0 Å². The van der Waals surface area contributed by atoms with Crippen molar-refractivity contribution in [2.24, 2.45) is 0 Å². The Morgan fingerprint density at radius 3 is 2.86 bits per heavy atom. The van der Waals surface area contributed by atoms with E-state index in [1.807, 2.05) is 13.8 Å². The molecule has 0 amide bonds. The predicted molar refractivity (Wildman–Crippen MR) is 84.3 cm³/mol. The van der Waals surface area contributed by atoms with Gasteiger partial charge in [0.25, 0.3) is 5.56 Å². The highest BCUT2D eigenvalue weighted by atomic mass is 32.1. The van der Waals surface area contributed by atoms with E-state index in [4.69, 9.17) is 4.74 Å². The first-order chi connectivity index (χ1) is 10.5. The molecule has 6 nitrogen and oxygen atoms in total. The average molecular weight is 317 g/mol. The normalized spacial score (nSPS) is 12.5. The number of hydrogen-bond donors (Lipinski definition) is 2. The quantitative estimate of drug-likeness (QED) is 0.727. The summed E-state index contributed by atoms with van der Waals surface area (Å²) >= 11 is 1.46. The van der Waals surface area contributed by atoms with Crippen molar-refractivity contribution >= 4 is 27.5 Å². The number of thiophene rings is 1. The maximum absolute atomic E-state index is 12.2. The van der Waals surface area contributed by atoms with Crippen LogP contribution in [-0.2, 0) is 4.74 Å². The van der Waals surface area contributed by atoms with Crippen molar-refractivity contribution in [1.82, 2.24) is 15.0 Å². The molecule has 0 aliphatic rings. The summed E-state index contributed by atoms with van der Waals surface area (Å²) in [7, 11) is 0. The summed E-state index contributed by atoms with van der Waals surface area (Å²) in [4.78, 5) is 35.8. The fourth-order valence-electron chi connectivity index (χ4n) is 2.20. The van der Waals surface area contributed by atoms with Crippen molar-refractivity contribution in [3.8, 4) is 0 Å². The zero-order chi connectivity index (χ0) is 15.9. The van der Waals surface area contributed by atoms with Gasteiger partial charge in [0, 0.05) is 11.1 Å². The van der Waals surface area contributed by atoms with E-state index in [-0.39, 0.29) is 5.56 Å².